The molecular formula is C36H35F3N2O4. The maximum Gasteiger partial charge on any atom is 0.416 e. The molecule has 45 heavy (non-hydrogen) atoms. The Morgan fingerprint density at radius 1 is 0.889 bits per heavy atom. The van der Waals surface area contributed by atoms with Crippen molar-refractivity contribution in [3.05, 3.63) is 89.0 Å². The van der Waals surface area contributed by atoms with Crippen molar-refractivity contribution in [3.8, 4) is 16.9 Å². The Morgan fingerprint density at radius 2 is 1.53 bits per heavy atom. The number of carbonyl (C=O) groups excluding carboxylic acids is 3. The fraction of sp³-hybridized carbons (Fsp3) is 0.417. The van der Waals surface area contributed by atoms with Crippen molar-refractivity contribution in [1.29, 1.82) is 0 Å². The van der Waals surface area contributed by atoms with Crippen molar-refractivity contribution < 1.29 is 32.3 Å². The molecule has 0 spiro atoms. The third-order valence-corrected chi connectivity index (χ3v) is 10.5. The molecule has 234 valence electrons. The molecule has 4 fully saturated rings. The number of primary amides is 1. The number of nitrogens with zero attached hydrogens (tertiary/aromatic N) is 1. The number of nitrogens with two attached hydrogens (primary N) is 1. The number of halogens is 3. The van der Waals surface area contributed by atoms with Gasteiger partial charge in [-0.05, 0) is 121 Å². The third-order valence-electron chi connectivity index (χ3n) is 10.5. The number of hydrogen-bond acceptors (Lipinski definition) is 4. The molecule has 1 unspecified atom stereocenters. The van der Waals surface area contributed by atoms with Crippen LogP contribution in [0.2, 0.25) is 0 Å². The van der Waals surface area contributed by atoms with E-state index in [0.717, 1.165) is 54.7 Å². The summed E-state index contributed by atoms with van der Waals surface area (Å²) in [4.78, 5) is 41.5. The van der Waals surface area contributed by atoms with E-state index in [2.05, 4.69) is 0 Å². The maximum atomic E-state index is 13.8. The van der Waals surface area contributed by atoms with Crippen LogP contribution in [0.25, 0.3) is 11.1 Å². The lowest BCUT2D eigenvalue weighted by molar-refractivity contribution is -0.146. The van der Waals surface area contributed by atoms with Crippen LogP contribution in [0.15, 0.2) is 66.7 Å². The molecule has 4 aliphatic carbocycles. The van der Waals surface area contributed by atoms with Gasteiger partial charge in [0, 0.05) is 13.0 Å². The van der Waals surface area contributed by atoms with Crippen LogP contribution >= 0.6 is 0 Å². The monoisotopic (exact) mass is 616 g/mol. The van der Waals surface area contributed by atoms with E-state index in [1.165, 1.54) is 31.4 Å². The van der Waals surface area contributed by atoms with Gasteiger partial charge in [-0.2, -0.15) is 13.2 Å². The van der Waals surface area contributed by atoms with Gasteiger partial charge in [0.25, 0.3) is 0 Å². The number of ether oxygens (including phenoxy) is 1. The van der Waals surface area contributed by atoms with E-state index in [1.54, 1.807) is 47.4 Å². The Labute approximate surface area is 259 Å². The number of amides is 2. The lowest BCUT2D eigenvalue weighted by atomic mass is 9.49. The maximum absolute atomic E-state index is 13.8. The van der Waals surface area contributed by atoms with Crippen LogP contribution in [-0.4, -0.2) is 29.2 Å². The summed E-state index contributed by atoms with van der Waals surface area (Å²) in [5.41, 5.74) is 7.66. The van der Waals surface area contributed by atoms with E-state index >= 15 is 0 Å². The molecule has 9 heteroatoms. The van der Waals surface area contributed by atoms with Gasteiger partial charge in [-0.25, -0.2) is 4.79 Å². The van der Waals surface area contributed by atoms with E-state index in [9.17, 15) is 27.6 Å². The first-order chi connectivity index (χ1) is 21.5. The Balaban J connectivity index is 1.08. The zero-order valence-electron chi connectivity index (χ0n) is 24.8. The number of hydrogen-bond donors (Lipinski definition) is 1. The molecule has 0 radical (unpaired) electrons. The van der Waals surface area contributed by atoms with Gasteiger partial charge in [0.05, 0.1) is 11.1 Å². The summed E-state index contributed by atoms with van der Waals surface area (Å²) in [7, 11) is 0. The van der Waals surface area contributed by atoms with Crippen molar-refractivity contribution in [3.63, 3.8) is 0 Å². The van der Waals surface area contributed by atoms with Gasteiger partial charge in [-0.3, -0.25) is 9.59 Å². The molecule has 1 atom stereocenters. The van der Waals surface area contributed by atoms with Gasteiger partial charge in [-0.15, -0.1) is 0 Å². The van der Waals surface area contributed by atoms with Gasteiger partial charge < -0.3 is 15.4 Å². The summed E-state index contributed by atoms with van der Waals surface area (Å²) in [5, 5.41) is 0. The summed E-state index contributed by atoms with van der Waals surface area (Å²) in [5.74, 6) is 1.16. The number of esters is 1. The van der Waals surface area contributed by atoms with Gasteiger partial charge in [0.1, 0.15) is 11.8 Å². The van der Waals surface area contributed by atoms with E-state index in [1.807, 2.05) is 0 Å². The Morgan fingerprint density at radius 3 is 2.16 bits per heavy atom. The topological polar surface area (TPSA) is 89.7 Å². The first kappa shape index (κ1) is 29.6. The second-order valence-electron chi connectivity index (χ2n) is 13.6. The molecular weight excluding hydrogens is 581 g/mol. The SMILES string of the molecule is NC(=O)C1c2ccc(OC(=O)c3ccccc3-c3ccc(C(F)(F)F)cc3)cc2CCN1C(=O)CC12CC3CC(CC(C3)C1)C2. The zero-order valence-corrected chi connectivity index (χ0v) is 24.8. The molecule has 6 nitrogen and oxygen atoms in total. The highest BCUT2D eigenvalue weighted by atomic mass is 19.4. The van der Waals surface area contributed by atoms with Gasteiger partial charge in [0.15, 0.2) is 0 Å². The molecule has 0 saturated heterocycles. The van der Waals surface area contributed by atoms with Crippen molar-refractivity contribution in [2.24, 2.45) is 28.9 Å². The predicted octanol–water partition coefficient (Wildman–Crippen LogP) is 7.11. The van der Waals surface area contributed by atoms with Crippen molar-refractivity contribution >= 4 is 17.8 Å². The first-order valence-corrected chi connectivity index (χ1v) is 15.7. The number of rotatable bonds is 6. The number of carbonyl (C=O) groups is 3. The average molecular weight is 617 g/mol. The second-order valence-corrected chi connectivity index (χ2v) is 13.6. The van der Waals surface area contributed by atoms with Crippen molar-refractivity contribution in [1.82, 2.24) is 4.90 Å². The minimum atomic E-state index is -4.46. The molecule has 0 aromatic heterocycles. The molecule has 3 aromatic rings. The fourth-order valence-corrected chi connectivity index (χ4v) is 9.08. The normalized spacial score (nSPS) is 26.8. The summed E-state index contributed by atoms with van der Waals surface area (Å²) >= 11 is 0. The number of fused-ring (bicyclic) bond motifs is 1. The molecule has 8 rings (SSSR count). The third kappa shape index (κ3) is 5.62. The summed E-state index contributed by atoms with van der Waals surface area (Å²) in [6, 6.07) is 15.3. The largest absolute Gasteiger partial charge is 0.423 e. The number of alkyl halides is 3. The van der Waals surface area contributed by atoms with Crippen molar-refractivity contribution in [2.75, 3.05) is 6.54 Å². The Kier molecular flexibility index (Phi) is 7.25. The van der Waals surface area contributed by atoms with Crippen LogP contribution in [0.3, 0.4) is 0 Å². The summed E-state index contributed by atoms with van der Waals surface area (Å²) in [6.07, 6.45) is 3.68. The summed E-state index contributed by atoms with van der Waals surface area (Å²) < 4.78 is 44.9. The molecule has 2 amide bonds. The number of benzene rings is 3. The van der Waals surface area contributed by atoms with E-state index in [-0.39, 0.29) is 22.6 Å². The standard InChI is InChI=1S/C36H35F3N2O4/c37-36(38,39)26-7-5-24(6-8-26)28-3-1-2-4-30(28)34(44)45-27-9-10-29-25(16-27)11-12-41(32(29)33(40)43)31(42)20-35-17-21-13-22(18-35)15-23(14-21)19-35/h1-10,16,21-23,32H,11-15,17-20H2,(H2,40,43). The van der Waals surface area contributed by atoms with Gasteiger partial charge in [0.2, 0.25) is 11.8 Å². The molecule has 2 N–H and O–H groups in total. The molecule has 4 bridgehead atoms. The summed E-state index contributed by atoms with van der Waals surface area (Å²) in [6.45, 7) is 0.347. The van der Waals surface area contributed by atoms with Gasteiger partial charge in [-0.1, -0.05) is 36.4 Å². The molecule has 3 aromatic carbocycles. The lowest BCUT2D eigenvalue weighted by Crippen LogP contribution is -2.51. The van der Waals surface area contributed by atoms with Crippen LogP contribution in [0.5, 0.6) is 5.75 Å². The molecule has 1 heterocycles. The first-order valence-electron chi connectivity index (χ1n) is 15.7. The van der Waals surface area contributed by atoms with Crippen LogP contribution in [-0.2, 0) is 22.2 Å². The zero-order chi connectivity index (χ0) is 31.5. The smallest absolute Gasteiger partial charge is 0.416 e. The second kappa shape index (κ2) is 11.0. The van der Waals surface area contributed by atoms with Crippen molar-refractivity contribution in [2.45, 2.75) is 63.6 Å². The fourth-order valence-electron chi connectivity index (χ4n) is 9.08. The quantitative estimate of drug-likeness (QED) is 0.236. The van der Waals surface area contributed by atoms with Crippen LogP contribution < -0.4 is 10.5 Å². The van der Waals surface area contributed by atoms with Crippen LogP contribution in [0, 0.1) is 23.2 Å². The molecule has 5 aliphatic rings. The minimum Gasteiger partial charge on any atom is -0.423 e. The van der Waals surface area contributed by atoms with E-state index < -0.39 is 29.7 Å². The lowest BCUT2D eigenvalue weighted by Gasteiger charge is -2.57. The highest BCUT2D eigenvalue weighted by Gasteiger charge is 2.52. The highest BCUT2D eigenvalue weighted by Crippen LogP contribution is 2.61. The molecule has 1 aliphatic heterocycles. The average Bonchev–Trinajstić information content (AvgIpc) is 2.99. The van der Waals surface area contributed by atoms with Crippen LogP contribution in [0.4, 0.5) is 13.2 Å². The van der Waals surface area contributed by atoms with E-state index in [4.69, 9.17) is 10.5 Å². The van der Waals surface area contributed by atoms with Crippen LogP contribution in [0.1, 0.15) is 78.0 Å². The Hall–Kier alpha value is -4.14. The van der Waals surface area contributed by atoms with E-state index in [0.29, 0.717) is 36.1 Å². The molecule has 4 saturated carbocycles. The predicted molar refractivity (Wildman–Crippen MR) is 161 cm³/mol. The highest BCUT2D eigenvalue weighted by molar-refractivity contribution is 5.98. The van der Waals surface area contributed by atoms with Gasteiger partial charge >= 0.3 is 12.1 Å². The minimum absolute atomic E-state index is 0.0122. The Bertz CT molecular complexity index is 1630.